The monoisotopic (exact) mass is 514 g/mol. The van der Waals surface area contributed by atoms with Gasteiger partial charge in [-0.05, 0) is 54.1 Å². The van der Waals surface area contributed by atoms with Crippen LogP contribution in [0, 0.1) is 17.8 Å². The smallest absolute Gasteiger partial charge is 0.261 e. The van der Waals surface area contributed by atoms with Gasteiger partial charge in [-0.3, -0.25) is 14.2 Å². The summed E-state index contributed by atoms with van der Waals surface area (Å²) in [5, 5.41) is 4.31. The average molecular weight is 515 g/mol. The van der Waals surface area contributed by atoms with E-state index in [2.05, 4.69) is 25.7 Å². The molecule has 6 rings (SSSR count). The van der Waals surface area contributed by atoms with Crippen LogP contribution in [0.15, 0.2) is 80.7 Å². The molecule has 0 spiro atoms. The van der Waals surface area contributed by atoms with E-state index < -0.39 is 0 Å². The Morgan fingerprint density at radius 3 is 2.44 bits per heavy atom. The van der Waals surface area contributed by atoms with Gasteiger partial charge >= 0.3 is 0 Å². The largest absolute Gasteiger partial charge is 0.455 e. The summed E-state index contributed by atoms with van der Waals surface area (Å²) >= 11 is 0. The number of hydrogen-bond acceptors (Lipinski definition) is 4. The minimum Gasteiger partial charge on any atom is -0.455 e. The van der Waals surface area contributed by atoms with Crippen molar-refractivity contribution in [3.8, 4) is 11.8 Å². The van der Waals surface area contributed by atoms with E-state index >= 15 is 0 Å². The molecular formula is C34H30N2O3. The Balaban J connectivity index is 1.69. The van der Waals surface area contributed by atoms with Crippen molar-refractivity contribution in [2.75, 3.05) is 5.73 Å². The van der Waals surface area contributed by atoms with Gasteiger partial charge in [-0.1, -0.05) is 75.3 Å². The van der Waals surface area contributed by atoms with Gasteiger partial charge in [-0.2, -0.15) is 0 Å². The first-order chi connectivity index (χ1) is 19.0. The molecule has 5 nitrogen and oxygen atoms in total. The molecule has 0 fully saturated rings. The van der Waals surface area contributed by atoms with Crippen molar-refractivity contribution in [1.29, 1.82) is 0 Å². The quantitative estimate of drug-likeness (QED) is 0.112. The summed E-state index contributed by atoms with van der Waals surface area (Å²) in [5.41, 5.74) is 8.76. The third-order valence-corrected chi connectivity index (χ3v) is 7.79. The first kappa shape index (κ1) is 24.8. The molecule has 2 N–H and O–H groups in total. The van der Waals surface area contributed by atoms with Crippen LogP contribution in [0.2, 0.25) is 0 Å². The number of unbranched alkanes of at least 4 members (excludes halogenated alkanes) is 1. The number of benzene rings is 4. The topological polar surface area (TPSA) is 78.2 Å². The number of para-hydroxylation sites is 1. The van der Waals surface area contributed by atoms with Gasteiger partial charge < -0.3 is 10.2 Å². The van der Waals surface area contributed by atoms with Crippen LogP contribution in [0.3, 0.4) is 0 Å². The zero-order valence-corrected chi connectivity index (χ0v) is 22.2. The normalized spacial score (nSPS) is 12.4. The van der Waals surface area contributed by atoms with Crippen LogP contribution in [-0.4, -0.2) is 4.57 Å². The summed E-state index contributed by atoms with van der Waals surface area (Å²) in [6.07, 6.45) is 4.07. The van der Waals surface area contributed by atoms with Gasteiger partial charge in [-0.15, -0.1) is 0 Å². The van der Waals surface area contributed by atoms with Crippen LogP contribution in [0.1, 0.15) is 50.7 Å². The second-order valence-corrected chi connectivity index (χ2v) is 10.3. The summed E-state index contributed by atoms with van der Waals surface area (Å²) in [6, 6.07) is 20.8. The fraction of sp³-hybridized carbons (Fsp3) is 0.235. The molecule has 0 amide bonds. The van der Waals surface area contributed by atoms with Crippen molar-refractivity contribution in [3.05, 3.63) is 98.6 Å². The van der Waals surface area contributed by atoms with Crippen LogP contribution in [0.4, 0.5) is 5.69 Å². The average Bonchev–Trinajstić information content (AvgIpc) is 2.95. The highest BCUT2D eigenvalue weighted by atomic mass is 16.3. The van der Waals surface area contributed by atoms with Crippen LogP contribution in [0.5, 0.6) is 0 Å². The summed E-state index contributed by atoms with van der Waals surface area (Å²) < 4.78 is 7.87. The van der Waals surface area contributed by atoms with Gasteiger partial charge in [0.15, 0.2) is 5.58 Å². The molecule has 0 aliphatic heterocycles. The second-order valence-electron chi connectivity index (χ2n) is 10.3. The fourth-order valence-electron chi connectivity index (χ4n) is 5.67. The van der Waals surface area contributed by atoms with Gasteiger partial charge in [0.05, 0.1) is 10.9 Å². The lowest BCUT2D eigenvalue weighted by atomic mass is 9.93. The Hall–Kier alpha value is -4.56. The van der Waals surface area contributed by atoms with E-state index in [1.807, 2.05) is 60.7 Å². The molecule has 0 bridgehead atoms. The maximum absolute atomic E-state index is 14.0. The van der Waals surface area contributed by atoms with E-state index in [0.29, 0.717) is 39.5 Å². The molecule has 2 aromatic heterocycles. The van der Waals surface area contributed by atoms with Gasteiger partial charge in [0.1, 0.15) is 5.58 Å². The van der Waals surface area contributed by atoms with Crippen LogP contribution in [0.25, 0.3) is 43.5 Å². The van der Waals surface area contributed by atoms with E-state index in [0.717, 1.165) is 53.0 Å². The number of fused-ring (bicyclic) bond motifs is 2. The predicted molar refractivity (Wildman–Crippen MR) is 161 cm³/mol. The van der Waals surface area contributed by atoms with Crippen molar-refractivity contribution in [3.63, 3.8) is 0 Å². The third kappa shape index (κ3) is 4.23. The number of anilines is 1. The molecule has 6 aromatic rings. The lowest BCUT2D eigenvalue weighted by Gasteiger charge is -2.18. The number of nitrogen functional groups attached to an aromatic ring is 1. The molecule has 0 saturated heterocycles. The number of nitrogens with zero attached hydrogens (tertiary/aromatic N) is 1. The van der Waals surface area contributed by atoms with Gasteiger partial charge in [0.25, 0.3) is 11.1 Å². The minimum absolute atomic E-state index is 0.239. The number of pyridine rings is 1. The molecule has 0 saturated carbocycles. The van der Waals surface area contributed by atoms with Crippen LogP contribution < -0.4 is 16.9 Å². The third-order valence-electron chi connectivity index (χ3n) is 7.79. The Morgan fingerprint density at radius 2 is 1.64 bits per heavy atom. The Kier molecular flexibility index (Phi) is 6.32. The molecule has 1 atom stereocenters. The number of hydrogen-bond donors (Lipinski definition) is 1. The molecule has 0 aliphatic rings. The number of rotatable bonds is 6. The van der Waals surface area contributed by atoms with Gasteiger partial charge in [0, 0.05) is 39.3 Å². The second kappa shape index (κ2) is 9.96. The Labute approximate surface area is 226 Å². The predicted octanol–water partition coefficient (Wildman–Crippen LogP) is 7.05. The highest BCUT2D eigenvalue weighted by molar-refractivity contribution is 6.27. The summed E-state index contributed by atoms with van der Waals surface area (Å²) in [6.45, 7) is 4.70. The molecule has 1 unspecified atom stereocenters. The zero-order chi connectivity index (χ0) is 27.1. The molecular weight excluding hydrogens is 484 g/mol. The van der Waals surface area contributed by atoms with Crippen molar-refractivity contribution in [2.24, 2.45) is 5.92 Å². The summed E-state index contributed by atoms with van der Waals surface area (Å²) in [4.78, 5) is 27.7. The highest BCUT2D eigenvalue weighted by Gasteiger charge is 2.22. The molecule has 2 heterocycles. The summed E-state index contributed by atoms with van der Waals surface area (Å²) in [5.74, 6) is 6.71. The van der Waals surface area contributed by atoms with E-state index in [1.54, 1.807) is 6.07 Å². The minimum atomic E-state index is -0.267. The van der Waals surface area contributed by atoms with E-state index in [4.69, 9.17) is 10.2 Å². The summed E-state index contributed by atoms with van der Waals surface area (Å²) in [7, 11) is 0. The maximum Gasteiger partial charge on any atom is 0.261 e. The lowest BCUT2D eigenvalue weighted by molar-refractivity contribution is 0.382. The fourth-order valence-corrected chi connectivity index (χ4v) is 5.67. The molecule has 39 heavy (non-hydrogen) atoms. The van der Waals surface area contributed by atoms with Gasteiger partial charge in [-0.25, -0.2) is 0 Å². The van der Waals surface area contributed by atoms with Crippen molar-refractivity contribution in [1.82, 2.24) is 4.57 Å². The lowest BCUT2D eigenvalue weighted by Crippen LogP contribution is -2.35. The van der Waals surface area contributed by atoms with Crippen molar-refractivity contribution >= 4 is 49.2 Å². The van der Waals surface area contributed by atoms with Crippen LogP contribution >= 0.6 is 0 Å². The van der Waals surface area contributed by atoms with Crippen LogP contribution in [-0.2, 0) is 6.54 Å². The first-order valence-electron chi connectivity index (χ1n) is 13.6. The highest BCUT2D eigenvalue weighted by Crippen LogP contribution is 2.38. The first-order valence-corrected chi connectivity index (χ1v) is 13.6. The van der Waals surface area contributed by atoms with Crippen molar-refractivity contribution in [2.45, 2.75) is 46.1 Å². The molecule has 4 aromatic carbocycles. The Morgan fingerprint density at radius 1 is 0.846 bits per heavy atom. The molecule has 5 heteroatoms. The molecule has 194 valence electrons. The SMILES string of the molecule is CCCCC(CC)Cn1c(=O)c2ccc3c4ccccc4oc4c(C#Cc5cccc(N)c5)cc(c1=O)c2c43. The van der Waals surface area contributed by atoms with Gasteiger partial charge in [0.2, 0.25) is 0 Å². The van der Waals surface area contributed by atoms with E-state index in [-0.39, 0.29) is 17.0 Å². The number of aromatic nitrogens is 1. The van der Waals surface area contributed by atoms with E-state index in [9.17, 15) is 9.59 Å². The molecule has 0 radical (unpaired) electrons. The number of nitrogens with two attached hydrogens (primary N) is 1. The van der Waals surface area contributed by atoms with E-state index in [1.165, 1.54) is 4.57 Å². The molecule has 0 aliphatic carbocycles. The standard InChI is InChI=1S/C34H30N2O3/c1-3-5-9-21(4-2)20-36-33(37)27-17-16-26-25-12-6-7-13-29(25)39-32-23(15-14-22-10-8-11-24(35)18-22)19-28(34(36)38)30(27)31(26)32/h6-8,10-13,16-19,21H,3-5,9,20,35H2,1-2H3. The maximum atomic E-state index is 14.0. The zero-order valence-electron chi connectivity index (χ0n) is 22.2. The Bertz CT molecular complexity index is 2040. The van der Waals surface area contributed by atoms with Crippen molar-refractivity contribution < 1.29 is 4.42 Å².